The molecule has 0 aliphatic rings. The van der Waals surface area contributed by atoms with Crippen LogP contribution in [0.4, 0.5) is 5.69 Å². The third-order valence-electron chi connectivity index (χ3n) is 3.48. The summed E-state index contributed by atoms with van der Waals surface area (Å²) in [5, 5.41) is 4.09. The molecule has 0 unspecified atom stereocenters. The zero-order valence-electron chi connectivity index (χ0n) is 12.9. The number of aromatic nitrogens is 1. The molecule has 3 aromatic rings. The minimum Gasteiger partial charge on any atom is -0.476 e. The first-order chi connectivity index (χ1) is 12.1. The Hall–Kier alpha value is -2.38. The molecule has 1 aromatic heterocycles. The molecule has 25 heavy (non-hydrogen) atoms. The van der Waals surface area contributed by atoms with Crippen molar-refractivity contribution in [3.8, 4) is 5.75 Å². The van der Waals surface area contributed by atoms with E-state index in [1.54, 1.807) is 42.6 Å². The number of ether oxygens (including phenoxy) is 1. The number of amides is 1. The first-order valence-corrected chi connectivity index (χ1v) is 8.06. The SMILES string of the molecule is NNCOc1ccnc2c(NC(=O)c3c(Cl)cccc3Cl)cccc12. The summed E-state index contributed by atoms with van der Waals surface area (Å²) in [4.78, 5) is 16.9. The van der Waals surface area contributed by atoms with Crippen LogP contribution in [0.3, 0.4) is 0 Å². The summed E-state index contributed by atoms with van der Waals surface area (Å²) < 4.78 is 5.52. The molecule has 1 amide bonds. The molecule has 0 saturated heterocycles. The molecule has 0 spiro atoms. The van der Waals surface area contributed by atoms with Crippen molar-refractivity contribution in [2.24, 2.45) is 5.84 Å². The Bertz CT molecular complexity index is 913. The summed E-state index contributed by atoms with van der Waals surface area (Å²) in [5.74, 6) is 5.41. The number of anilines is 1. The second kappa shape index (κ2) is 7.67. The summed E-state index contributed by atoms with van der Waals surface area (Å²) in [5.41, 5.74) is 3.73. The van der Waals surface area contributed by atoms with Gasteiger partial charge in [0.1, 0.15) is 5.75 Å². The quantitative estimate of drug-likeness (QED) is 0.359. The average molecular weight is 377 g/mol. The predicted molar refractivity (Wildman–Crippen MR) is 99.0 cm³/mol. The highest BCUT2D eigenvalue weighted by molar-refractivity contribution is 6.40. The van der Waals surface area contributed by atoms with E-state index in [0.717, 1.165) is 5.39 Å². The van der Waals surface area contributed by atoms with Gasteiger partial charge in [0.15, 0.2) is 6.73 Å². The Labute approximate surface area is 153 Å². The molecule has 8 heteroatoms. The number of nitrogens with one attached hydrogen (secondary N) is 2. The van der Waals surface area contributed by atoms with Gasteiger partial charge in [0.2, 0.25) is 0 Å². The van der Waals surface area contributed by atoms with Gasteiger partial charge in [-0.2, -0.15) is 0 Å². The number of fused-ring (bicyclic) bond motifs is 1. The molecule has 3 rings (SSSR count). The van der Waals surface area contributed by atoms with Gasteiger partial charge >= 0.3 is 0 Å². The number of carbonyl (C=O) groups excluding carboxylic acids is 1. The fraction of sp³-hybridized carbons (Fsp3) is 0.0588. The third kappa shape index (κ3) is 3.67. The normalized spacial score (nSPS) is 10.7. The number of nitrogens with zero attached hydrogens (tertiary/aromatic N) is 1. The molecule has 2 aromatic carbocycles. The molecule has 0 fully saturated rings. The maximum atomic E-state index is 12.6. The number of para-hydroxylation sites is 1. The number of hydrazine groups is 1. The molecule has 6 nitrogen and oxygen atoms in total. The van der Waals surface area contributed by atoms with Crippen LogP contribution in [0.2, 0.25) is 10.0 Å². The van der Waals surface area contributed by atoms with Gasteiger partial charge in [-0.25, -0.2) is 5.43 Å². The van der Waals surface area contributed by atoms with Crippen molar-refractivity contribution in [1.82, 2.24) is 10.4 Å². The van der Waals surface area contributed by atoms with E-state index < -0.39 is 5.91 Å². The highest BCUT2D eigenvalue weighted by atomic mass is 35.5. The van der Waals surface area contributed by atoms with Gasteiger partial charge in [0.05, 0.1) is 26.8 Å². The van der Waals surface area contributed by atoms with Gasteiger partial charge in [0, 0.05) is 11.6 Å². The maximum Gasteiger partial charge on any atom is 0.258 e. The number of nitrogens with two attached hydrogens (primary N) is 1. The molecule has 4 N–H and O–H groups in total. The Morgan fingerprint density at radius 3 is 2.56 bits per heavy atom. The topological polar surface area (TPSA) is 89.3 Å². The standard InChI is InChI=1S/C17H14Cl2N4O2/c18-11-4-2-5-12(19)15(11)17(24)23-13-6-1-3-10-14(25-9-22-20)7-8-21-16(10)13/h1-8,22H,9,20H2,(H,23,24). The van der Waals surface area contributed by atoms with Gasteiger partial charge in [0.25, 0.3) is 5.91 Å². The maximum absolute atomic E-state index is 12.6. The van der Waals surface area contributed by atoms with Crippen molar-refractivity contribution in [3.63, 3.8) is 0 Å². The zero-order valence-corrected chi connectivity index (χ0v) is 14.4. The highest BCUT2D eigenvalue weighted by Crippen LogP contribution is 2.30. The van der Waals surface area contributed by atoms with Crippen molar-refractivity contribution < 1.29 is 9.53 Å². The number of rotatable bonds is 5. The van der Waals surface area contributed by atoms with Crippen LogP contribution >= 0.6 is 23.2 Å². The molecule has 0 bridgehead atoms. The summed E-state index contributed by atoms with van der Waals surface area (Å²) in [6, 6.07) is 12.0. The van der Waals surface area contributed by atoms with Crippen molar-refractivity contribution in [2.45, 2.75) is 0 Å². The number of carbonyl (C=O) groups is 1. The van der Waals surface area contributed by atoms with E-state index in [9.17, 15) is 4.79 Å². The number of benzene rings is 2. The van der Waals surface area contributed by atoms with Crippen LogP contribution in [0.15, 0.2) is 48.7 Å². The Morgan fingerprint density at radius 2 is 1.84 bits per heavy atom. The molecule has 0 radical (unpaired) electrons. The van der Waals surface area contributed by atoms with E-state index in [1.807, 2.05) is 6.07 Å². The van der Waals surface area contributed by atoms with E-state index in [-0.39, 0.29) is 22.3 Å². The van der Waals surface area contributed by atoms with Crippen LogP contribution in [0, 0.1) is 0 Å². The lowest BCUT2D eigenvalue weighted by atomic mass is 10.1. The summed E-state index contributed by atoms with van der Waals surface area (Å²) in [6.45, 7) is 0.144. The molecule has 0 aliphatic heterocycles. The second-order valence-electron chi connectivity index (χ2n) is 5.05. The number of pyridine rings is 1. The molecular formula is C17H14Cl2N4O2. The first kappa shape index (κ1) is 17.4. The van der Waals surface area contributed by atoms with Crippen molar-refractivity contribution in [1.29, 1.82) is 0 Å². The minimum absolute atomic E-state index is 0.144. The monoisotopic (exact) mass is 376 g/mol. The Kier molecular flexibility index (Phi) is 5.35. The molecule has 128 valence electrons. The molecule has 1 heterocycles. The van der Waals surface area contributed by atoms with E-state index in [1.165, 1.54) is 0 Å². The Morgan fingerprint density at radius 1 is 1.12 bits per heavy atom. The largest absolute Gasteiger partial charge is 0.476 e. The van der Waals surface area contributed by atoms with Gasteiger partial charge in [-0.05, 0) is 30.3 Å². The molecular weight excluding hydrogens is 363 g/mol. The predicted octanol–water partition coefficient (Wildman–Crippen LogP) is 3.59. The lowest BCUT2D eigenvalue weighted by Crippen LogP contribution is -2.26. The number of hydrogen-bond acceptors (Lipinski definition) is 5. The number of halogens is 2. The Balaban J connectivity index is 1.98. The highest BCUT2D eigenvalue weighted by Gasteiger charge is 2.16. The number of hydrogen-bond donors (Lipinski definition) is 3. The lowest BCUT2D eigenvalue weighted by molar-refractivity contribution is 0.102. The van der Waals surface area contributed by atoms with Crippen LogP contribution in [0.5, 0.6) is 5.75 Å². The van der Waals surface area contributed by atoms with E-state index >= 15 is 0 Å². The van der Waals surface area contributed by atoms with Crippen LogP contribution in [-0.4, -0.2) is 17.6 Å². The molecule has 0 atom stereocenters. The van der Waals surface area contributed by atoms with Crippen LogP contribution in [0.25, 0.3) is 10.9 Å². The summed E-state index contributed by atoms with van der Waals surface area (Å²) in [6.07, 6.45) is 1.59. The van der Waals surface area contributed by atoms with E-state index in [0.29, 0.717) is 17.0 Å². The van der Waals surface area contributed by atoms with E-state index in [4.69, 9.17) is 33.8 Å². The van der Waals surface area contributed by atoms with E-state index in [2.05, 4.69) is 15.7 Å². The summed E-state index contributed by atoms with van der Waals surface area (Å²) in [7, 11) is 0. The lowest BCUT2D eigenvalue weighted by Gasteiger charge is -2.12. The van der Waals surface area contributed by atoms with Crippen molar-refractivity contribution >= 4 is 45.7 Å². The van der Waals surface area contributed by atoms with Gasteiger partial charge in [-0.1, -0.05) is 35.3 Å². The summed E-state index contributed by atoms with van der Waals surface area (Å²) >= 11 is 12.2. The van der Waals surface area contributed by atoms with Crippen molar-refractivity contribution in [3.05, 3.63) is 64.3 Å². The van der Waals surface area contributed by atoms with Gasteiger partial charge < -0.3 is 10.1 Å². The third-order valence-corrected chi connectivity index (χ3v) is 4.11. The molecule has 0 saturated carbocycles. The minimum atomic E-state index is -0.417. The first-order valence-electron chi connectivity index (χ1n) is 7.31. The second-order valence-corrected chi connectivity index (χ2v) is 5.87. The van der Waals surface area contributed by atoms with Crippen molar-refractivity contribution in [2.75, 3.05) is 12.0 Å². The van der Waals surface area contributed by atoms with Crippen LogP contribution in [-0.2, 0) is 0 Å². The van der Waals surface area contributed by atoms with Gasteiger partial charge in [-0.3, -0.25) is 15.6 Å². The fourth-order valence-electron chi connectivity index (χ4n) is 2.40. The van der Waals surface area contributed by atoms with Crippen LogP contribution < -0.4 is 21.3 Å². The fourth-order valence-corrected chi connectivity index (χ4v) is 2.97. The average Bonchev–Trinajstić information content (AvgIpc) is 2.60. The van der Waals surface area contributed by atoms with Crippen LogP contribution in [0.1, 0.15) is 10.4 Å². The molecule has 0 aliphatic carbocycles. The zero-order chi connectivity index (χ0) is 17.8. The van der Waals surface area contributed by atoms with Gasteiger partial charge in [-0.15, -0.1) is 0 Å². The smallest absolute Gasteiger partial charge is 0.258 e.